The molecule has 1 aromatic heterocycles. The molecule has 0 bridgehead atoms. The van der Waals surface area contributed by atoms with Crippen LogP contribution in [-0.2, 0) is 0 Å². The summed E-state index contributed by atoms with van der Waals surface area (Å²) in [6.07, 6.45) is 0. The Morgan fingerprint density at radius 1 is 1.03 bits per heavy atom. The highest BCUT2D eigenvalue weighted by Gasteiger charge is 2.21. The lowest BCUT2D eigenvalue weighted by Crippen LogP contribution is -2.46. The SMILES string of the molecule is C[C@H](NC(=O)c1csc(N2CCN(c3ccc(Cl)cc3)CC2)n1)c1ccccc1. The Kier molecular flexibility index (Phi) is 6.02. The van der Waals surface area contributed by atoms with E-state index in [1.165, 1.54) is 17.0 Å². The molecule has 2 heterocycles. The van der Waals surface area contributed by atoms with Crippen molar-refractivity contribution in [2.24, 2.45) is 0 Å². The third-order valence-electron chi connectivity index (χ3n) is 5.11. The van der Waals surface area contributed by atoms with Crippen molar-refractivity contribution in [3.05, 3.63) is 76.3 Å². The average Bonchev–Trinajstić information content (AvgIpc) is 3.25. The number of halogens is 1. The summed E-state index contributed by atoms with van der Waals surface area (Å²) < 4.78 is 0. The molecule has 0 saturated carbocycles. The molecule has 0 unspecified atom stereocenters. The van der Waals surface area contributed by atoms with Gasteiger partial charge in [-0.3, -0.25) is 4.79 Å². The highest BCUT2D eigenvalue weighted by molar-refractivity contribution is 7.13. The number of hydrogen-bond donors (Lipinski definition) is 1. The fourth-order valence-corrected chi connectivity index (χ4v) is 4.40. The number of thiazole rings is 1. The number of aromatic nitrogens is 1. The quantitative estimate of drug-likeness (QED) is 0.647. The lowest BCUT2D eigenvalue weighted by molar-refractivity contribution is 0.0935. The second-order valence-electron chi connectivity index (χ2n) is 7.07. The van der Waals surface area contributed by atoms with Crippen LogP contribution in [0, 0.1) is 0 Å². The van der Waals surface area contributed by atoms with Crippen LogP contribution in [0.2, 0.25) is 5.02 Å². The van der Waals surface area contributed by atoms with Gasteiger partial charge < -0.3 is 15.1 Å². The Bertz CT molecular complexity index is 952. The van der Waals surface area contributed by atoms with Gasteiger partial charge in [0, 0.05) is 42.3 Å². The van der Waals surface area contributed by atoms with E-state index in [1.807, 2.05) is 54.8 Å². The van der Waals surface area contributed by atoms with Crippen LogP contribution in [0.4, 0.5) is 10.8 Å². The van der Waals surface area contributed by atoms with Crippen LogP contribution in [-0.4, -0.2) is 37.1 Å². The van der Waals surface area contributed by atoms with E-state index in [4.69, 9.17) is 11.6 Å². The number of carbonyl (C=O) groups is 1. The van der Waals surface area contributed by atoms with Gasteiger partial charge in [-0.2, -0.15) is 0 Å². The van der Waals surface area contributed by atoms with E-state index in [-0.39, 0.29) is 11.9 Å². The van der Waals surface area contributed by atoms with Crippen molar-refractivity contribution in [1.29, 1.82) is 0 Å². The Balaban J connectivity index is 1.34. The molecule has 1 atom stereocenters. The predicted octanol–water partition coefficient (Wildman–Crippen LogP) is 4.61. The summed E-state index contributed by atoms with van der Waals surface area (Å²) in [4.78, 5) is 21.8. The first-order chi connectivity index (χ1) is 14.1. The molecule has 1 amide bonds. The largest absolute Gasteiger partial charge is 0.368 e. The first-order valence-electron chi connectivity index (χ1n) is 9.67. The number of rotatable bonds is 5. The highest BCUT2D eigenvalue weighted by Crippen LogP contribution is 2.25. The second kappa shape index (κ2) is 8.84. The van der Waals surface area contributed by atoms with Crippen LogP contribution in [0.15, 0.2) is 60.0 Å². The first-order valence-corrected chi connectivity index (χ1v) is 10.9. The summed E-state index contributed by atoms with van der Waals surface area (Å²) in [5.41, 5.74) is 2.74. The molecule has 1 saturated heterocycles. The molecular formula is C22H23ClN4OS. The maximum Gasteiger partial charge on any atom is 0.271 e. The van der Waals surface area contributed by atoms with E-state index in [0.29, 0.717) is 5.69 Å². The van der Waals surface area contributed by atoms with Crippen LogP contribution in [0.3, 0.4) is 0 Å². The van der Waals surface area contributed by atoms with E-state index in [0.717, 1.165) is 41.9 Å². The van der Waals surface area contributed by atoms with Gasteiger partial charge in [0.05, 0.1) is 6.04 Å². The average molecular weight is 427 g/mol. The number of benzene rings is 2. The molecule has 2 aromatic carbocycles. The molecule has 5 nitrogen and oxygen atoms in total. The van der Waals surface area contributed by atoms with E-state index in [1.54, 1.807) is 0 Å². The molecule has 4 rings (SSSR count). The Morgan fingerprint density at radius 3 is 2.38 bits per heavy atom. The monoisotopic (exact) mass is 426 g/mol. The molecule has 1 N–H and O–H groups in total. The minimum atomic E-state index is -0.136. The molecule has 3 aromatic rings. The number of amides is 1. The molecule has 1 fully saturated rings. The molecule has 1 aliphatic heterocycles. The summed E-state index contributed by atoms with van der Waals surface area (Å²) >= 11 is 7.51. The standard InChI is InChI=1S/C22H23ClN4OS/c1-16(17-5-3-2-4-6-17)24-21(28)20-15-29-22(25-20)27-13-11-26(12-14-27)19-9-7-18(23)8-10-19/h2-10,15-16H,11-14H2,1H3,(H,24,28)/t16-/m0/s1. The number of nitrogens with one attached hydrogen (secondary N) is 1. The predicted molar refractivity (Wildman–Crippen MR) is 120 cm³/mol. The molecule has 0 aliphatic carbocycles. The van der Waals surface area contributed by atoms with Gasteiger partial charge in [-0.15, -0.1) is 11.3 Å². The molecule has 150 valence electrons. The number of carbonyl (C=O) groups excluding carboxylic acids is 1. The van der Waals surface area contributed by atoms with Crippen molar-refractivity contribution in [1.82, 2.24) is 10.3 Å². The van der Waals surface area contributed by atoms with Gasteiger partial charge in [0.1, 0.15) is 5.69 Å². The van der Waals surface area contributed by atoms with Crippen molar-refractivity contribution >= 4 is 39.7 Å². The van der Waals surface area contributed by atoms with Crippen LogP contribution in [0.5, 0.6) is 0 Å². The third kappa shape index (κ3) is 4.71. The number of nitrogens with zero attached hydrogens (tertiary/aromatic N) is 3. The summed E-state index contributed by atoms with van der Waals surface area (Å²) in [6, 6.07) is 17.8. The zero-order valence-corrected chi connectivity index (χ0v) is 17.8. The van der Waals surface area contributed by atoms with Crippen molar-refractivity contribution in [3.8, 4) is 0 Å². The van der Waals surface area contributed by atoms with Crippen LogP contribution in [0.1, 0.15) is 29.0 Å². The third-order valence-corrected chi connectivity index (χ3v) is 6.27. The lowest BCUT2D eigenvalue weighted by Gasteiger charge is -2.36. The van der Waals surface area contributed by atoms with Crippen LogP contribution in [0.25, 0.3) is 0 Å². The van der Waals surface area contributed by atoms with Crippen LogP contribution < -0.4 is 15.1 Å². The summed E-state index contributed by atoms with van der Waals surface area (Å²) in [6.45, 7) is 5.55. The van der Waals surface area contributed by atoms with Gasteiger partial charge in [-0.1, -0.05) is 41.9 Å². The molecule has 29 heavy (non-hydrogen) atoms. The maximum absolute atomic E-state index is 12.6. The van der Waals surface area contributed by atoms with E-state index < -0.39 is 0 Å². The minimum absolute atomic E-state index is 0.0585. The Hall–Kier alpha value is -2.57. The zero-order valence-electron chi connectivity index (χ0n) is 16.2. The number of piperazine rings is 1. The first kappa shape index (κ1) is 19.7. The fraction of sp³-hybridized carbons (Fsp3) is 0.273. The Labute approximate surface area is 179 Å². The topological polar surface area (TPSA) is 48.5 Å². The number of anilines is 2. The van der Waals surface area contributed by atoms with Gasteiger partial charge in [-0.25, -0.2) is 4.98 Å². The molecule has 0 radical (unpaired) electrons. The maximum atomic E-state index is 12.6. The second-order valence-corrected chi connectivity index (χ2v) is 8.34. The molecule has 0 spiro atoms. The minimum Gasteiger partial charge on any atom is -0.368 e. The molecule has 7 heteroatoms. The Morgan fingerprint density at radius 2 is 1.69 bits per heavy atom. The van der Waals surface area contributed by atoms with Crippen molar-refractivity contribution in [3.63, 3.8) is 0 Å². The van der Waals surface area contributed by atoms with Crippen molar-refractivity contribution < 1.29 is 4.79 Å². The van der Waals surface area contributed by atoms with Crippen molar-refractivity contribution in [2.45, 2.75) is 13.0 Å². The smallest absolute Gasteiger partial charge is 0.271 e. The lowest BCUT2D eigenvalue weighted by atomic mass is 10.1. The van der Waals surface area contributed by atoms with Gasteiger partial charge in [0.15, 0.2) is 5.13 Å². The van der Waals surface area contributed by atoms with E-state index in [9.17, 15) is 4.79 Å². The molecule has 1 aliphatic rings. The van der Waals surface area contributed by atoms with E-state index in [2.05, 4.69) is 32.2 Å². The van der Waals surface area contributed by atoms with Gasteiger partial charge in [-0.05, 0) is 36.8 Å². The number of hydrogen-bond acceptors (Lipinski definition) is 5. The highest BCUT2D eigenvalue weighted by atomic mass is 35.5. The summed E-state index contributed by atoms with van der Waals surface area (Å²) in [7, 11) is 0. The van der Waals surface area contributed by atoms with Gasteiger partial charge in [0.2, 0.25) is 0 Å². The van der Waals surface area contributed by atoms with E-state index >= 15 is 0 Å². The normalized spacial score (nSPS) is 15.2. The van der Waals surface area contributed by atoms with Gasteiger partial charge >= 0.3 is 0 Å². The van der Waals surface area contributed by atoms with Crippen molar-refractivity contribution in [2.75, 3.05) is 36.0 Å². The fourth-order valence-electron chi connectivity index (χ4n) is 3.42. The van der Waals surface area contributed by atoms with Crippen LogP contribution >= 0.6 is 22.9 Å². The van der Waals surface area contributed by atoms with Gasteiger partial charge in [0.25, 0.3) is 5.91 Å². The molecular weight excluding hydrogens is 404 g/mol. The zero-order chi connectivity index (χ0) is 20.2. The summed E-state index contributed by atoms with van der Waals surface area (Å²) in [5.74, 6) is -0.136. The summed E-state index contributed by atoms with van der Waals surface area (Å²) in [5, 5.41) is 6.52.